The fraction of sp³-hybridized carbons (Fsp3) is 0.0952. The molecule has 0 aliphatic carbocycles. The highest BCUT2D eigenvalue weighted by Crippen LogP contribution is 2.25. The monoisotopic (exact) mass is 390 g/mol. The van der Waals surface area contributed by atoms with Gasteiger partial charge in [-0.05, 0) is 28.0 Å². The van der Waals surface area contributed by atoms with Crippen LogP contribution in [0.15, 0.2) is 71.9 Å². The average molecular weight is 390 g/mol. The molecule has 140 valence electrons. The minimum absolute atomic E-state index is 0.286. The number of hydrogen-bond donors (Lipinski definition) is 2. The quantitative estimate of drug-likeness (QED) is 0.385. The van der Waals surface area contributed by atoms with Gasteiger partial charge in [0.05, 0.1) is 5.56 Å². The zero-order chi connectivity index (χ0) is 19.5. The van der Waals surface area contributed by atoms with Crippen molar-refractivity contribution < 1.29 is 9.90 Å². The Kier molecular flexibility index (Phi) is 4.99. The SMILES string of the molecule is Nn1c(Cc2cccc3ccccc23)nnc1SCc1ccccc1C(=O)O. The van der Waals surface area contributed by atoms with Gasteiger partial charge in [0.1, 0.15) is 0 Å². The average Bonchev–Trinajstić information content (AvgIpc) is 3.06. The van der Waals surface area contributed by atoms with E-state index in [1.54, 1.807) is 18.2 Å². The number of benzene rings is 3. The number of carbonyl (C=O) groups is 1. The highest BCUT2D eigenvalue weighted by molar-refractivity contribution is 7.98. The molecule has 0 aliphatic heterocycles. The molecule has 0 bridgehead atoms. The van der Waals surface area contributed by atoms with Crippen LogP contribution in [0, 0.1) is 0 Å². The van der Waals surface area contributed by atoms with E-state index in [9.17, 15) is 9.90 Å². The maximum atomic E-state index is 11.3. The third-order valence-electron chi connectivity index (χ3n) is 4.57. The van der Waals surface area contributed by atoms with E-state index in [4.69, 9.17) is 5.84 Å². The molecule has 1 aromatic heterocycles. The summed E-state index contributed by atoms with van der Waals surface area (Å²) in [5.74, 6) is 6.38. The normalized spacial score (nSPS) is 11.0. The van der Waals surface area contributed by atoms with Crippen LogP contribution in [0.25, 0.3) is 10.8 Å². The topological polar surface area (TPSA) is 94.0 Å². The number of thioether (sulfide) groups is 1. The molecule has 0 fully saturated rings. The van der Waals surface area contributed by atoms with Crippen LogP contribution >= 0.6 is 11.8 Å². The largest absolute Gasteiger partial charge is 0.478 e. The number of nitrogen functional groups attached to an aromatic ring is 1. The number of aromatic nitrogens is 3. The molecule has 28 heavy (non-hydrogen) atoms. The van der Waals surface area contributed by atoms with Gasteiger partial charge in [0.2, 0.25) is 5.16 Å². The maximum absolute atomic E-state index is 11.3. The summed E-state index contributed by atoms with van der Waals surface area (Å²) in [6.45, 7) is 0. The Morgan fingerprint density at radius 3 is 2.54 bits per heavy atom. The van der Waals surface area contributed by atoms with Crippen molar-refractivity contribution in [3.8, 4) is 0 Å². The van der Waals surface area contributed by atoms with Gasteiger partial charge in [0.15, 0.2) is 5.82 Å². The number of aromatic carboxylic acids is 1. The summed E-state index contributed by atoms with van der Waals surface area (Å²) < 4.78 is 1.48. The van der Waals surface area contributed by atoms with Crippen molar-refractivity contribution >= 4 is 28.5 Å². The van der Waals surface area contributed by atoms with Crippen LogP contribution in [0.3, 0.4) is 0 Å². The molecule has 0 unspecified atom stereocenters. The van der Waals surface area contributed by atoms with Crippen LogP contribution in [0.5, 0.6) is 0 Å². The predicted molar refractivity (Wildman–Crippen MR) is 110 cm³/mol. The van der Waals surface area contributed by atoms with Crippen LogP contribution in [0.4, 0.5) is 0 Å². The summed E-state index contributed by atoms with van der Waals surface area (Å²) in [6.07, 6.45) is 0.567. The van der Waals surface area contributed by atoms with E-state index in [1.807, 2.05) is 24.3 Å². The minimum Gasteiger partial charge on any atom is -0.478 e. The van der Waals surface area contributed by atoms with Crippen molar-refractivity contribution in [2.75, 3.05) is 5.84 Å². The van der Waals surface area contributed by atoms with Gasteiger partial charge in [0.25, 0.3) is 0 Å². The van der Waals surface area contributed by atoms with Crippen molar-refractivity contribution in [2.45, 2.75) is 17.3 Å². The summed E-state index contributed by atoms with van der Waals surface area (Å²) in [6, 6.07) is 21.3. The number of nitrogens with two attached hydrogens (primary N) is 1. The van der Waals surface area contributed by atoms with Crippen molar-refractivity contribution in [1.82, 2.24) is 14.9 Å². The molecule has 4 aromatic rings. The Morgan fingerprint density at radius 1 is 0.964 bits per heavy atom. The first-order chi connectivity index (χ1) is 13.6. The number of rotatable bonds is 6. The fourth-order valence-electron chi connectivity index (χ4n) is 3.14. The highest BCUT2D eigenvalue weighted by atomic mass is 32.2. The molecule has 0 saturated heterocycles. The molecule has 3 aromatic carbocycles. The summed E-state index contributed by atoms with van der Waals surface area (Å²) in [5, 5.41) is 20.6. The van der Waals surface area contributed by atoms with Gasteiger partial charge < -0.3 is 10.9 Å². The highest BCUT2D eigenvalue weighted by Gasteiger charge is 2.14. The molecule has 0 spiro atoms. The second-order valence-corrected chi connectivity index (χ2v) is 7.28. The van der Waals surface area contributed by atoms with Crippen LogP contribution in [0.2, 0.25) is 0 Å². The third kappa shape index (κ3) is 3.57. The van der Waals surface area contributed by atoms with Crippen LogP contribution in [0.1, 0.15) is 27.3 Å². The number of hydrogen-bond acceptors (Lipinski definition) is 5. The van der Waals surface area contributed by atoms with Crippen molar-refractivity contribution in [1.29, 1.82) is 0 Å². The summed E-state index contributed by atoms with van der Waals surface area (Å²) in [7, 11) is 0. The van der Waals surface area contributed by atoms with Crippen LogP contribution < -0.4 is 5.84 Å². The van der Waals surface area contributed by atoms with E-state index in [2.05, 4.69) is 34.5 Å². The molecule has 7 heteroatoms. The lowest BCUT2D eigenvalue weighted by molar-refractivity contribution is 0.0696. The van der Waals surface area contributed by atoms with E-state index < -0.39 is 5.97 Å². The minimum atomic E-state index is -0.943. The molecule has 1 heterocycles. The molecular formula is C21H18N4O2S. The Morgan fingerprint density at radius 2 is 1.68 bits per heavy atom. The summed E-state index contributed by atoms with van der Waals surface area (Å²) in [4.78, 5) is 11.3. The summed E-state index contributed by atoms with van der Waals surface area (Å²) >= 11 is 1.37. The van der Waals surface area contributed by atoms with Gasteiger partial charge in [-0.2, -0.15) is 0 Å². The van der Waals surface area contributed by atoms with Crippen LogP contribution in [-0.2, 0) is 12.2 Å². The van der Waals surface area contributed by atoms with Gasteiger partial charge in [-0.3, -0.25) is 0 Å². The molecule has 0 amide bonds. The number of fused-ring (bicyclic) bond motifs is 1. The number of carboxylic acids is 1. The first-order valence-electron chi connectivity index (χ1n) is 8.73. The Hall–Kier alpha value is -3.32. The van der Waals surface area contributed by atoms with E-state index in [0.29, 0.717) is 23.2 Å². The van der Waals surface area contributed by atoms with Crippen molar-refractivity contribution in [3.05, 3.63) is 89.2 Å². The lowest BCUT2D eigenvalue weighted by Crippen LogP contribution is -2.14. The fourth-order valence-corrected chi connectivity index (χ4v) is 4.02. The predicted octanol–water partition coefficient (Wildman–Crippen LogP) is 3.73. The molecular weight excluding hydrogens is 372 g/mol. The van der Waals surface area contributed by atoms with Gasteiger partial charge in [-0.15, -0.1) is 10.2 Å². The molecule has 4 rings (SSSR count). The third-order valence-corrected chi connectivity index (χ3v) is 5.56. The van der Waals surface area contributed by atoms with Crippen LogP contribution in [-0.4, -0.2) is 25.9 Å². The smallest absolute Gasteiger partial charge is 0.335 e. The zero-order valence-electron chi connectivity index (χ0n) is 14.9. The molecule has 0 atom stereocenters. The zero-order valence-corrected chi connectivity index (χ0v) is 15.8. The second kappa shape index (κ2) is 7.74. The van der Waals surface area contributed by atoms with E-state index in [-0.39, 0.29) is 5.56 Å². The van der Waals surface area contributed by atoms with Crippen molar-refractivity contribution in [3.63, 3.8) is 0 Å². The maximum Gasteiger partial charge on any atom is 0.335 e. The Bertz CT molecular complexity index is 1150. The lowest BCUT2D eigenvalue weighted by atomic mass is 10.0. The number of carboxylic acid groups (broad SMARTS) is 1. The standard InChI is InChI=1S/C21H18N4O2S/c22-25-19(12-15-9-5-8-14-6-1-3-10-17(14)15)23-24-21(25)28-13-16-7-2-4-11-18(16)20(26)27/h1-11H,12-13,22H2,(H,26,27). The van der Waals surface area contributed by atoms with Gasteiger partial charge >= 0.3 is 5.97 Å². The Labute approximate surface area is 166 Å². The van der Waals surface area contributed by atoms with Gasteiger partial charge in [0, 0.05) is 12.2 Å². The number of nitrogens with zero attached hydrogens (tertiary/aromatic N) is 3. The van der Waals surface area contributed by atoms with Gasteiger partial charge in [-0.1, -0.05) is 72.4 Å². The summed E-state index contributed by atoms with van der Waals surface area (Å²) in [5.41, 5.74) is 2.14. The van der Waals surface area contributed by atoms with E-state index >= 15 is 0 Å². The molecule has 6 nitrogen and oxygen atoms in total. The first kappa shape index (κ1) is 18.1. The van der Waals surface area contributed by atoms with Gasteiger partial charge in [-0.25, -0.2) is 9.47 Å². The molecule has 3 N–H and O–H groups in total. The van der Waals surface area contributed by atoms with E-state index in [1.165, 1.54) is 21.8 Å². The molecule has 0 radical (unpaired) electrons. The van der Waals surface area contributed by atoms with Crippen molar-refractivity contribution in [2.24, 2.45) is 0 Å². The lowest BCUT2D eigenvalue weighted by Gasteiger charge is -2.08. The first-order valence-corrected chi connectivity index (χ1v) is 9.72. The Balaban J connectivity index is 1.54. The molecule has 0 aliphatic rings. The second-order valence-electron chi connectivity index (χ2n) is 6.33. The molecule has 0 saturated carbocycles. The van der Waals surface area contributed by atoms with E-state index in [0.717, 1.165) is 16.5 Å².